The number of hydrogen-bond acceptors (Lipinski definition) is 6. The first-order valence-electron chi connectivity index (χ1n) is 11.3. The van der Waals surface area contributed by atoms with Gasteiger partial charge in [-0.05, 0) is 74.2 Å². The van der Waals surface area contributed by atoms with E-state index < -0.39 is 0 Å². The van der Waals surface area contributed by atoms with Crippen LogP contribution in [0.4, 0.5) is 28.8 Å². The minimum Gasteiger partial charge on any atom is -0.340 e. The van der Waals surface area contributed by atoms with Crippen LogP contribution in [0.15, 0.2) is 79.0 Å². The summed E-state index contributed by atoms with van der Waals surface area (Å²) < 4.78 is 0. The SMILES string of the molecule is Cc1ccnc(Nc2cc(Nc3ccc(NC(=O)CCCc4ccccc4)cc3)nc(C)n2)c1. The van der Waals surface area contributed by atoms with Crippen LogP contribution in [0.25, 0.3) is 0 Å². The van der Waals surface area contributed by atoms with E-state index in [1.165, 1.54) is 5.56 Å². The highest BCUT2D eigenvalue weighted by atomic mass is 16.1. The van der Waals surface area contributed by atoms with E-state index in [-0.39, 0.29) is 5.91 Å². The normalized spacial score (nSPS) is 10.5. The molecule has 0 aliphatic heterocycles. The summed E-state index contributed by atoms with van der Waals surface area (Å²) in [5, 5.41) is 9.47. The lowest BCUT2D eigenvalue weighted by molar-refractivity contribution is -0.116. The molecule has 0 radical (unpaired) electrons. The molecule has 172 valence electrons. The fourth-order valence-corrected chi connectivity index (χ4v) is 3.54. The third-order valence-corrected chi connectivity index (χ3v) is 5.16. The number of aryl methyl sites for hydroxylation is 3. The Kier molecular flexibility index (Phi) is 7.45. The molecule has 0 bridgehead atoms. The van der Waals surface area contributed by atoms with Crippen molar-refractivity contribution in [2.75, 3.05) is 16.0 Å². The highest BCUT2D eigenvalue weighted by Crippen LogP contribution is 2.21. The molecule has 0 saturated heterocycles. The molecule has 0 aliphatic rings. The Morgan fingerprint density at radius 1 is 0.794 bits per heavy atom. The van der Waals surface area contributed by atoms with Gasteiger partial charge in [-0.25, -0.2) is 15.0 Å². The number of nitrogens with one attached hydrogen (secondary N) is 3. The maximum absolute atomic E-state index is 12.3. The van der Waals surface area contributed by atoms with Crippen molar-refractivity contribution in [1.82, 2.24) is 15.0 Å². The number of amides is 1. The average molecular weight is 453 g/mol. The quantitative estimate of drug-likeness (QED) is 0.291. The van der Waals surface area contributed by atoms with Gasteiger partial charge in [-0.2, -0.15) is 0 Å². The molecule has 0 spiro atoms. The zero-order valence-corrected chi connectivity index (χ0v) is 19.4. The van der Waals surface area contributed by atoms with Crippen molar-refractivity contribution in [1.29, 1.82) is 0 Å². The van der Waals surface area contributed by atoms with Gasteiger partial charge in [0.1, 0.15) is 23.3 Å². The summed E-state index contributed by atoms with van der Waals surface area (Å²) in [5.41, 5.74) is 3.99. The highest BCUT2D eigenvalue weighted by Gasteiger charge is 2.06. The van der Waals surface area contributed by atoms with Crippen LogP contribution in [-0.4, -0.2) is 20.9 Å². The summed E-state index contributed by atoms with van der Waals surface area (Å²) in [6.07, 6.45) is 3.96. The van der Waals surface area contributed by atoms with Crippen molar-refractivity contribution in [2.45, 2.75) is 33.1 Å². The first kappa shape index (κ1) is 22.9. The van der Waals surface area contributed by atoms with Crippen LogP contribution in [-0.2, 0) is 11.2 Å². The van der Waals surface area contributed by atoms with Crippen LogP contribution in [0.5, 0.6) is 0 Å². The van der Waals surface area contributed by atoms with Crippen molar-refractivity contribution in [3.63, 3.8) is 0 Å². The van der Waals surface area contributed by atoms with E-state index >= 15 is 0 Å². The maximum atomic E-state index is 12.3. The van der Waals surface area contributed by atoms with Crippen LogP contribution in [0, 0.1) is 13.8 Å². The van der Waals surface area contributed by atoms with Crippen LogP contribution < -0.4 is 16.0 Å². The number of carbonyl (C=O) groups excluding carboxylic acids is 1. The third kappa shape index (κ3) is 6.87. The Hall–Kier alpha value is -4.26. The van der Waals surface area contributed by atoms with Gasteiger partial charge in [-0.15, -0.1) is 0 Å². The van der Waals surface area contributed by atoms with E-state index in [2.05, 4.69) is 43.0 Å². The monoisotopic (exact) mass is 452 g/mol. The molecule has 4 rings (SSSR count). The number of carbonyl (C=O) groups is 1. The number of pyridine rings is 1. The Morgan fingerprint density at radius 3 is 2.24 bits per heavy atom. The van der Waals surface area contributed by atoms with Crippen molar-refractivity contribution in [3.05, 3.63) is 95.9 Å². The first-order valence-corrected chi connectivity index (χ1v) is 11.3. The molecule has 2 heterocycles. The van der Waals surface area contributed by atoms with Gasteiger partial charge in [0.2, 0.25) is 5.91 Å². The second-order valence-electron chi connectivity index (χ2n) is 8.12. The summed E-state index contributed by atoms with van der Waals surface area (Å²) in [4.78, 5) is 25.5. The summed E-state index contributed by atoms with van der Waals surface area (Å²) in [6, 6.07) is 23.5. The molecular formula is C27H28N6O. The molecule has 0 fully saturated rings. The minimum absolute atomic E-state index is 0.0172. The lowest BCUT2D eigenvalue weighted by Gasteiger charge is -2.11. The smallest absolute Gasteiger partial charge is 0.224 e. The van der Waals surface area contributed by atoms with Crippen molar-refractivity contribution in [3.8, 4) is 0 Å². The fraction of sp³-hybridized carbons (Fsp3) is 0.185. The predicted octanol–water partition coefficient (Wildman–Crippen LogP) is 5.94. The second-order valence-corrected chi connectivity index (χ2v) is 8.12. The molecule has 4 aromatic rings. The number of nitrogens with zero attached hydrogens (tertiary/aromatic N) is 3. The summed E-state index contributed by atoms with van der Waals surface area (Å²) in [6.45, 7) is 3.86. The molecule has 2 aromatic heterocycles. The molecule has 7 nitrogen and oxygen atoms in total. The molecule has 1 amide bonds. The van der Waals surface area contributed by atoms with Gasteiger partial charge in [0.05, 0.1) is 0 Å². The topological polar surface area (TPSA) is 91.8 Å². The predicted molar refractivity (Wildman–Crippen MR) is 137 cm³/mol. The van der Waals surface area contributed by atoms with E-state index in [9.17, 15) is 4.79 Å². The standard InChI is InChI=1S/C27H28N6O/c1-19-15-16-28-24(17-19)33-26-18-25(29-20(2)30-26)31-22-11-13-23(14-12-22)32-27(34)10-6-9-21-7-4-3-5-8-21/h3-5,7-8,11-18H,6,9-10H2,1-2H3,(H,32,34)(H2,28,29,30,31,33). The minimum atomic E-state index is 0.0172. The zero-order chi connectivity index (χ0) is 23.8. The second kappa shape index (κ2) is 11.0. The highest BCUT2D eigenvalue weighted by molar-refractivity contribution is 5.90. The van der Waals surface area contributed by atoms with Crippen molar-refractivity contribution in [2.24, 2.45) is 0 Å². The number of hydrogen-bond donors (Lipinski definition) is 3. The van der Waals surface area contributed by atoms with Gasteiger partial charge in [0, 0.05) is 30.1 Å². The molecular weight excluding hydrogens is 424 g/mol. The van der Waals surface area contributed by atoms with E-state index in [0.717, 1.165) is 35.6 Å². The molecule has 7 heteroatoms. The molecule has 0 unspecified atom stereocenters. The van der Waals surface area contributed by atoms with Crippen LogP contribution in [0.2, 0.25) is 0 Å². The van der Waals surface area contributed by atoms with Crippen LogP contribution in [0.1, 0.15) is 29.8 Å². The van der Waals surface area contributed by atoms with Gasteiger partial charge in [0.25, 0.3) is 0 Å². The van der Waals surface area contributed by atoms with Crippen LogP contribution >= 0.6 is 0 Å². The molecule has 34 heavy (non-hydrogen) atoms. The van der Waals surface area contributed by atoms with Gasteiger partial charge in [-0.1, -0.05) is 30.3 Å². The van der Waals surface area contributed by atoms with E-state index in [1.54, 1.807) is 6.20 Å². The van der Waals surface area contributed by atoms with Gasteiger partial charge < -0.3 is 16.0 Å². The van der Waals surface area contributed by atoms with Crippen molar-refractivity contribution >= 4 is 34.7 Å². The first-order chi connectivity index (χ1) is 16.5. The summed E-state index contributed by atoms with van der Waals surface area (Å²) in [7, 11) is 0. The summed E-state index contributed by atoms with van der Waals surface area (Å²) >= 11 is 0. The Bertz CT molecular complexity index is 1240. The Balaban J connectivity index is 1.31. The Morgan fingerprint density at radius 2 is 1.50 bits per heavy atom. The number of anilines is 5. The van der Waals surface area contributed by atoms with E-state index in [4.69, 9.17) is 0 Å². The van der Waals surface area contributed by atoms with Crippen molar-refractivity contribution < 1.29 is 4.79 Å². The molecule has 0 aliphatic carbocycles. The molecule has 2 aromatic carbocycles. The van der Waals surface area contributed by atoms with Gasteiger partial charge >= 0.3 is 0 Å². The molecule has 0 saturated carbocycles. The average Bonchev–Trinajstić information content (AvgIpc) is 2.81. The number of benzene rings is 2. The molecule has 0 atom stereocenters. The van der Waals surface area contributed by atoms with E-state index in [1.807, 2.05) is 74.5 Å². The fourth-order valence-electron chi connectivity index (χ4n) is 3.54. The zero-order valence-electron chi connectivity index (χ0n) is 19.4. The lowest BCUT2D eigenvalue weighted by Crippen LogP contribution is -2.11. The maximum Gasteiger partial charge on any atom is 0.224 e. The third-order valence-electron chi connectivity index (χ3n) is 5.16. The van der Waals surface area contributed by atoms with Crippen LogP contribution in [0.3, 0.4) is 0 Å². The van der Waals surface area contributed by atoms with Gasteiger partial charge in [0.15, 0.2) is 0 Å². The van der Waals surface area contributed by atoms with E-state index in [0.29, 0.717) is 23.9 Å². The summed E-state index contributed by atoms with van der Waals surface area (Å²) in [5.74, 6) is 2.71. The number of aromatic nitrogens is 3. The molecule has 3 N–H and O–H groups in total. The number of rotatable bonds is 9. The Labute approximate surface area is 199 Å². The largest absolute Gasteiger partial charge is 0.340 e. The van der Waals surface area contributed by atoms with Gasteiger partial charge in [-0.3, -0.25) is 4.79 Å². The lowest BCUT2D eigenvalue weighted by atomic mass is 10.1.